The topological polar surface area (TPSA) is 54.2 Å². The van der Waals surface area contributed by atoms with Crippen LogP contribution in [-0.2, 0) is 19.3 Å². The summed E-state index contributed by atoms with van der Waals surface area (Å²) in [7, 11) is 1.62. The van der Waals surface area contributed by atoms with Gasteiger partial charge in [-0.1, -0.05) is 12.1 Å². The van der Waals surface area contributed by atoms with E-state index in [1.165, 1.54) is 6.07 Å². The molecule has 2 rings (SSSR count). The number of hydrogen-bond donors (Lipinski definition) is 2. The molecule has 0 spiro atoms. The molecule has 0 aliphatic rings. The van der Waals surface area contributed by atoms with Crippen molar-refractivity contribution in [2.75, 3.05) is 13.6 Å². The third-order valence-corrected chi connectivity index (χ3v) is 3.35. The number of nitrogens with one attached hydrogen (secondary N) is 2. The zero-order valence-electron chi connectivity index (χ0n) is 13.8. The lowest BCUT2D eigenvalue weighted by Crippen LogP contribution is -2.37. The van der Waals surface area contributed by atoms with Gasteiger partial charge >= 0.3 is 6.18 Å². The molecule has 0 bridgehead atoms. The average Bonchev–Trinajstić information content (AvgIpc) is 3.07. The van der Waals surface area contributed by atoms with Gasteiger partial charge in [0.1, 0.15) is 0 Å². The molecule has 0 saturated carbocycles. The molecule has 1 aromatic heterocycles. The van der Waals surface area contributed by atoms with Crippen LogP contribution >= 0.6 is 24.0 Å². The van der Waals surface area contributed by atoms with Crippen LogP contribution in [0.1, 0.15) is 17.5 Å². The normalized spacial score (nSPS) is 11.8. The van der Waals surface area contributed by atoms with Crippen molar-refractivity contribution in [2.24, 2.45) is 4.99 Å². The fraction of sp³-hybridized carbons (Fsp3) is 0.375. The van der Waals surface area contributed by atoms with Crippen molar-refractivity contribution in [1.82, 2.24) is 20.4 Å². The molecule has 2 N–H and O–H groups in total. The Hall–Kier alpha value is -1.78. The van der Waals surface area contributed by atoms with Crippen LogP contribution in [0.5, 0.6) is 0 Å². The predicted octanol–water partition coefficient (Wildman–Crippen LogP) is 3.28. The monoisotopic (exact) mass is 467 g/mol. The molecule has 138 valence electrons. The summed E-state index contributed by atoms with van der Waals surface area (Å²) >= 11 is 0. The third kappa shape index (κ3) is 7.32. The number of hydrogen-bond acceptors (Lipinski definition) is 2. The van der Waals surface area contributed by atoms with E-state index < -0.39 is 11.7 Å². The Kier molecular flexibility index (Phi) is 8.73. The molecule has 0 aliphatic carbocycles. The van der Waals surface area contributed by atoms with Crippen LogP contribution in [0.3, 0.4) is 0 Å². The summed E-state index contributed by atoms with van der Waals surface area (Å²) in [6, 6.07) is 7.11. The Morgan fingerprint density at radius 2 is 2.04 bits per heavy atom. The summed E-state index contributed by atoms with van der Waals surface area (Å²) in [5.74, 6) is 0.549. The highest BCUT2D eigenvalue weighted by atomic mass is 127. The highest BCUT2D eigenvalue weighted by molar-refractivity contribution is 14.0. The van der Waals surface area contributed by atoms with Gasteiger partial charge in [-0.15, -0.1) is 24.0 Å². The van der Waals surface area contributed by atoms with Crippen molar-refractivity contribution < 1.29 is 13.2 Å². The molecule has 1 heterocycles. The number of halogens is 4. The fourth-order valence-corrected chi connectivity index (χ4v) is 2.14. The smallest absolute Gasteiger partial charge is 0.356 e. The molecule has 0 unspecified atom stereocenters. The van der Waals surface area contributed by atoms with E-state index in [1.807, 2.05) is 16.9 Å². The summed E-state index contributed by atoms with van der Waals surface area (Å²) < 4.78 is 39.9. The van der Waals surface area contributed by atoms with E-state index in [-0.39, 0.29) is 30.5 Å². The van der Waals surface area contributed by atoms with Gasteiger partial charge in [0, 0.05) is 39.1 Å². The highest BCUT2D eigenvalue weighted by Gasteiger charge is 2.30. The largest absolute Gasteiger partial charge is 0.416 e. The van der Waals surface area contributed by atoms with E-state index in [4.69, 9.17) is 0 Å². The van der Waals surface area contributed by atoms with Gasteiger partial charge in [0.2, 0.25) is 0 Å². The molecule has 1 aromatic carbocycles. The minimum absolute atomic E-state index is 0. The molecule has 5 nitrogen and oxygen atoms in total. The van der Waals surface area contributed by atoms with Gasteiger partial charge in [-0.3, -0.25) is 9.67 Å². The second kappa shape index (κ2) is 10.3. The van der Waals surface area contributed by atoms with E-state index in [0.717, 1.165) is 25.1 Å². The molecule has 0 aliphatic heterocycles. The van der Waals surface area contributed by atoms with Crippen LogP contribution in [-0.4, -0.2) is 29.3 Å². The lowest BCUT2D eigenvalue weighted by molar-refractivity contribution is -0.137. The second-order valence-electron chi connectivity index (χ2n) is 5.17. The first kappa shape index (κ1) is 21.3. The van der Waals surface area contributed by atoms with Crippen LogP contribution in [0.15, 0.2) is 47.7 Å². The molecule has 0 amide bonds. The quantitative estimate of drug-likeness (QED) is 0.297. The minimum Gasteiger partial charge on any atom is -0.356 e. The highest BCUT2D eigenvalue weighted by Crippen LogP contribution is 2.29. The number of aryl methyl sites for hydroxylation is 1. The number of guanidine groups is 1. The van der Waals surface area contributed by atoms with Gasteiger partial charge in [-0.25, -0.2) is 0 Å². The molecular weight excluding hydrogens is 446 g/mol. The molecule has 25 heavy (non-hydrogen) atoms. The lowest BCUT2D eigenvalue weighted by Gasteiger charge is -2.13. The van der Waals surface area contributed by atoms with Crippen molar-refractivity contribution in [3.05, 3.63) is 53.9 Å². The van der Waals surface area contributed by atoms with Crippen LogP contribution in [0.2, 0.25) is 0 Å². The average molecular weight is 467 g/mol. The number of aliphatic imine (C=N–C) groups is 1. The van der Waals surface area contributed by atoms with Crippen molar-refractivity contribution in [3.63, 3.8) is 0 Å². The number of benzene rings is 1. The summed E-state index contributed by atoms with van der Waals surface area (Å²) in [4.78, 5) is 4.06. The number of alkyl halides is 3. The Labute approximate surface area is 161 Å². The number of nitrogens with zero attached hydrogens (tertiary/aromatic N) is 3. The Morgan fingerprint density at radius 3 is 2.68 bits per heavy atom. The van der Waals surface area contributed by atoms with Gasteiger partial charge in [0.25, 0.3) is 0 Å². The SMILES string of the molecule is CN=C(NCCCn1cccn1)NCc1cccc(C(F)(F)F)c1.I. The summed E-state index contributed by atoms with van der Waals surface area (Å²) in [6.45, 7) is 1.73. The number of aromatic nitrogens is 2. The van der Waals surface area contributed by atoms with Crippen molar-refractivity contribution in [1.29, 1.82) is 0 Å². The first-order chi connectivity index (χ1) is 11.5. The Balaban J connectivity index is 0.00000312. The third-order valence-electron chi connectivity index (χ3n) is 3.35. The van der Waals surface area contributed by atoms with Crippen LogP contribution in [0.4, 0.5) is 13.2 Å². The van der Waals surface area contributed by atoms with Gasteiger partial charge in [-0.05, 0) is 30.2 Å². The van der Waals surface area contributed by atoms with Gasteiger partial charge in [0.15, 0.2) is 5.96 Å². The first-order valence-corrected chi connectivity index (χ1v) is 7.57. The van der Waals surface area contributed by atoms with Crippen LogP contribution in [0, 0.1) is 0 Å². The summed E-state index contributed by atoms with van der Waals surface area (Å²) in [5, 5.41) is 10.2. The lowest BCUT2D eigenvalue weighted by atomic mass is 10.1. The maximum absolute atomic E-state index is 12.7. The Bertz CT molecular complexity index is 656. The van der Waals surface area contributed by atoms with Crippen molar-refractivity contribution in [3.8, 4) is 0 Å². The predicted molar refractivity (Wildman–Crippen MR) is 102 cm³/mol. The molecule has 9 heteroatoms. The molecule has 0 atom stereocenters. The van der Waals surface area contributed by atoms with Crippen LogP contribution < -0.4 is 10.6 Å². The van der Waals surface area contributed by atoms with E-state index in [1.54, 1.807) is 19.3 Å². The molecular formula is C16H21F3IN5. The van der Waals surface area contributed by atoms with E-state index >= 15 is 0 Å². The standard InChI is InChI=1S/C16H20F3N5.HI/c1-20-15(21-7-3-9-24-10-4-8-23-24)22-12-13-5-2-6-14(11-13)16(17,18)19;/h2,4-6,8,10-11H,3,7,9,12H2,1H3,(H2,20,21,22);1H. The van der Waals surface area contributed by atoms with E-state index in [0.29, 0.717) is 18.1 Å². The van der Waals surface area contributed by atoms with E-state index in [9.17, 15) is 13.2 Å². The van der Waals surface area contributed by atoms with Crippen molar-refractivity contribution >= 4 is 29.9 Å². The molecule has 2 aromatic rings. The zero-order chi connectivity index (χ0) is 17.4. The Morgan fingerprint density at radius 1 is 1.24 bits per heavy atom. The molecule has 0 fully saturated rings. The summed E-state index contributed by atoms with van der Waals surface area (Å²) in [5.41, 5.74) is -0.103. The zero-order valence-corrected chi connectivity index (χ0v) is 16.1. The minimum atomic E-state index is -4.33. The van der Waals surface area contributed by atoms with Crippen molar-refractivity contribution in [2.45, 2.75) is 25.7 Å². The van der Waals surface area contributed by atoms with Gasteiger partial charge in [0.05, 0.1) is 5.56 Å². The van der Waals surface area contributed by atoms with Crippen LogP contribution in [0.25, 0.3) is 0 Å². The van der Waals surface area contributed by atoms with Gasteiger partial charge < -0.3 is 10.6 Å². The summed E-state index contributed by atoms with van der Waals surface area (Å²) in [6.07, 6.45) is 0.137. The molecule has 0 radical (unpaired) electrons. The second-order valence-corrected chi connectivity index (χ2v) is 5.17. The number of rotatable bonds is 6. The fourth-order valence-electron chi connectivity index (χ4n) is 2.14. The first-order valence-electron chi connectivity index (χ1n) is 7.57. The van der Waals surface area contributed by atoms with E-state index in [2.05, 4.69) is 20.7 Å². The maximum atomic E-state index is 12.7. The van der Waals surface area contributed by atoms with Gasteiger partial charge in [-0.2, -0.15) is 18.3 Å². The molecule has 0 saturated heterocycles. The maximum Gasteiger partial charge on any atom is 0.416 e.